The molecular weight excluding hydrogens is 414 g/mol. The van der Waals surface area contributed by atoms with Gasteiger partial charge in [0.1, 0.15) is 0 Å². The zero-order valence-corrected chi connectivity index (χ0v) is 20.0. The van der Waals surface area contributed by atoms with Crippen LogP contribution in [-0.4, -0.2) is 45.4 Å². The van der Waals surface area contributed by atoms with Crippen LogP contribution in [0.2, 0.25) is 0 Å². The van der Waals surface area contributed by atoms with E-state index < -0.39 is 5.97 Å². The molecule has 1 aliphatic heterocycles. The minimum atomic E-state index is -0.771. The fourth-order valence-corrected chi connectivity index (χ4v) is 4.60. The number of hydrogen-bond acceptors (Lipinski definition) is 5. The van der Waals surface area contributed by atoms with Crippen molar-refractivity contribution < 1.29 is 9.90 Å². The molecule has 0 saturated carbocycles. The van der Waals surface area contributed by atoms with Gasteiger partial charge in [0, 0.05) is 43.9 Å². The third kappa shape index (κ3) is 7.63. The molecular formula is C26H39N5O2. The van der Waals surface area contributed by atoms with Crippen molar-refractivity contribution in [2.24, 2.45) is 5.73 Å². The van der Waals surface area contributed by atoms with E-state index in [9.17, 15) is 9.90 Å². The van der Waals surface area contributed by atoms with Gasteiger partial charge in [-0.1, -0.05) is 25.1 Å². The second-order valence-corrected chi connectivity index (χ2v) is 9.21. The largest absolute Gasteiger partial charge is 0.481 e. The van der Waals surface area contributed by atoms with E-state index >= 15 is 0 Å². The van der Waals surface area contributed by atoms with Crippen LogP contribution >= 0.6 is 0 Å². The van der Waals surface area contributed by atoms with Gasteiger partial charge in [-0.3, -0.25) is 14.4 Å². The number of benzene rings is 1. The maximum absolute atomic E-state index is 11.6. The molecule has 7 heteroatoms. The Balaban J connectivity index is 1.69. The molecule has 180 valence electrons. The van der Waals surface area contributed by atoms with Crippen LogP contribution in [0.15, 0.2) is 48.6 Å². The van der Waals surface area contributed by atoms with Gasteiger partial charge in [-0.25, -0.2) is 0 Å². The van der Waals surface area contributed by atoms with Gasteiger partial charge in [0.25, 0.3) is 0 Å². The lowest BCUT2D eigenvalue weighted by Crippen LogP contribution is -2.36. The number of aliphatic carboxylic acids is 1. The van der Waals surface area contributed by atoms with Crippen LogP contribution in [0.1, 0.15) is 74.1 Å². The van der Waals surface area contributed by atoms with E-state index in [-0.39, 0.29) is 12.3 Å². The van der Waals surface area contributed by atoms with Gasteiger partial charge < -0.3 is 16.2 Å². The molecule has 2 heterocycles. The number of allylic oxidation sites excluding steroid dienone is 1. The number of nitrogens with one attached hydrogen (secondary N) is 1. The second-order valence-electron chi connectivity index (χ2n) is 9.21. The monoisotopic (exact) mass is 453 g/mol. The third-order valence-electron chi connectivity index (χ3n) is 6.50. The smallest absolute Gasteiger partial charge is 0.303 e. The molecule has 0 spiro atoms. The standard InChI is InChI=1S/C26H39N5O2/c1-3-11-28-17-24(27)10-9-22(16-26(32)33)21-8-7-20(2)23(15-21)18-30-13-4-6-25(19-30)31-14-5-12-29-31/h5,7-8,12,14-15,17,22,25,28H,3-4,6,9-11,13,16,18-19,27H2,1-2H3,(H,32,33)/b24-17-. The van der Waals surface area contributed by atoms with E-state index in [1.165, 1.54) is 11.1 Å². The maximum atomic E-state index is 11.6. The lowest BCUT2D eigenvalue weighted by Gasteiger charge is -2.33. The van der Waals surface area contributed by atoms with Crippen LogP contribution in [0, 0.1) is 6.92 Å². The Morgan fingerprint density at radius 1 is 1.42 bits per heavy atom. The quantitative estimate of drug-likeness (QED) is 0.418. The third-order valence-corrected chi connectivity index (χ3v) is 6.50. The molecule has 2 unspecified atom stereocenters. The molecule has 0 radical (unpaired) electrons. The number of piperidine rings is 1. The Bertz CT molecular complexity index is 909. The number of nitrogens with two attached hydrogens (primary N) is 1. The molecule has 33 heavy (non-hydrogen) atoms. The van der Waals surface area contributed by atoms with Crippen LogP contribution in [0.3, 0.4) is 0 Å². The number of carboxylic acid groups (broad SMARTS) is 1. The molecule has 4 N–H and O–H groups in total. The summed E-state index contributed by atoms with van der Waals surface area (Å²) in [6, 6.07) is 8.83. The number of hydrogen-bond donors (Lipinski definition) is 3. The molecule has 0 bridgehead atoms. The van der Waals surface area contributed by atoms with E-state index in [0.29, 0.717) is 12.5 Å². The molecule has 2 aromatic rings. The van der Waals surface area contributed by atoms with Crippen molar-refractivity contribution in [2.75, 3.05) is 19.6 Å². The molecule has 1 aromatic carbocycles. The molecule has 0 amide bonds. The van der Waals surface area contributed by atoms with E-state index in [0.717, 1.165) is 63.1 Å². The fourth-order valence-electron chi connectivity index (χ4n) is 4.60. The Kier molecular flexibility index (Phi) is 9.36. The fraction of sp³-hybridized carbons (Fsp3) is 0.538. The summed E-state index contributed by atoms with van der Waals surface area (Å²) in [5, 5.41) is 17.2. The van der Waals surface area contributed by atoms with Crippen LogP contribution in [0.25, 0.3) is 0 Å². The van der Waals surface area contributed by atoms with E-state index in [4.69, 9.17) is 5.73 Å². The zero-order valence-electron chi connectivity index (χ0n) is 20.0. The Morgan fingerprint density at radius 2 is 2.27 bits per heavy atom. The van der Waals surface area contributed by atoms with Crippen LogP contribution in [0.4, 0.5) is 0 Å². The molecule has 0 aliphatic carbocycles. The second kappa shape index (κ2) is 12.4. The number of carbonyl (C=O) groups is 1. The van der Waals surface area contributed by atoms with Crippen LogP contribution in [0.5, 0.6) is 0 Å². The maximum Gasteiger partial charge on any atom is 0.303 e. The summed E-state index contributed by atoms with van der Waals surface area (Å²) in [6.07, 6.45) is 10.6. The molecule has 2 atom stereocenters. The zero-order chi connectivity index (χ0) is 23.6. The van der Waals surface area contributed by atoms with Gasteiger partial charge >= 0.3 is 5.97 Å². The predicted molar refractivity (Wildman–Crippen MR) is 132 cm³/mol. The number of rotatable bonds is 12. The highest BCUT2D eigenvalue weighted by Crippen LogP contribution is 2.29. The summed E-state index contributed by atoms with van der Waals surface area (Å²) in [7, 11) is 0. The van der Waals surface area contributed by atoms with Gasteiger partial charge in [0.15, 0.2) is 0 Å². The number of nitrogens with zero attached hydrogens (tertiary/aromatic N) is 3. The summed E-state index contributed by atoms with van der Waals surface area (Å²) >= 11 is 0. The highest BCUT2D eigenvalue weighted by molar-refractivity contribution is 5.68. The molecule has 1 saturated heterocycles. The van der Waals surface area contributed by atoms with E-state index in [1.807, 2.05) is 18.5 Å². The van der Waals surface area contributed by atoms with Crippen molar-refractivity contribution >= 4 is 5.97 Å². The number of aryl methyl sites for hydroxylation is 1. The summed E-state index contributed by atoms with van der Waals surface area (Å²) in [5.41, 5.74) is 10.5. The average Bonchev–Trinajstić information content (AvgIpc) is 3.33. The van der Waals surface area contributed by atoms with Gasteiger partial charge in [-0.05, 0) is 74.2 Å². The highest BCUT2D eigenvalue weighted by Gasteiger charge is 2.23. The molecule has 1 fully saturated rings. The normalized spacial score (nSPS) is 18.2. The van der Waals surface area contributed by atoms with Crippen molar-refractivity contribution in [2.45, 2.75) is 70.9 Å². The van der Waals surface area contributed by atoms with Crippen molar-refractivity contribution in [3.8, 4) is 0 Å². The minimum Gasteiger partial charge on any atom is -0.481 e. The molecule has 1 aliphatic rings. The summed E-state index contributed by atoms with van der Waals surface area (Å²) in [5.74, 6) is -0.829. The average molecular weight is 454 g/mol. The van der Waals surface area contributed by atoms with Crippen molar-refractivity contribution in [1.82, 2.24) is 20.0 Å². The van der Waals surface area contributed by atoms with Crippen LogP contribution in [-0.2, 0) is 11.3 Å². The van der Waals surface area contributed by atoms with Crippen molar-refractivity contribution in [3.63, 3.8) is 0 Å². The number of aromatic nitrogens is 2. The number of likely N-dealkylation sites (tertiary alicyclic amines) is 1. The van der Waals surface area contributed by atoms with E-state index in [2.05, 4.69) is 58.2 Å². The Morgan fingerprint density at radius 3 is 3.00 bits per heavy atom. The van der Waals surface area contributed by atoms with E-state index in [1.54, 1.807) is 0 Å². The summed E-state index contributed by atoms with van der Waals surface area (Å²) < 4.78 is 2.08. The molecule has 7 nitrogen and oxygen atoms in total. The number of carboxylic acids is 1. The summed E-state index contributed by atoms with van der Waals surface area (Å²) in [6.45, 7) is 8.07. The Labute approximate surface area is 197 Å². The van der Waals surface area contributed by atoms with Crippen molar-refractivity contribution in [3.05, 3.63) is 65.2 Å². The molecule has 1 aromatic heterocycles. The first kappa shape index (κ1) is 24.8. The summed E-state index contributed by atoms with van der Waals surface area (Å²) in [4.78, 5) is 14.1. The lowest BCUT2D eigenvalue weighted by molar-refractivity contribution is -0.137. The SMILES string of the molecule is CCCN/C=C(\N)CCC(CC(=O)O)c1ccc(C)c(CN2CCCC(n3cccn3)C2)c1. The van der Waals surface area contributed by atoms with Crippen molar-refractivity contribution in [1.29, 1.82) is 0 Å². The van der Waals surface area contributed by atoms with Crippen LogP contribution < -0.4 is 11.1 Å². The van der Waals surface area contributed by atoms with Gasteiger partial charge in [0.05, 0.1) is 12.5 Å². The first-order valence-corrected chi connectivity index (χ1v) is 12.2. The first-order chi connectivity index (χ1) is 16.0. The first-order valence-electron chi connectivity index (χ1n) is 12.2. The van der Waals surface area contributed by atoms with Gasteiger partial charge in [-0.15, -0.1) is 0 Å². The topological polar surface area (TPSA) is 96.4 Å². The highest BCUT2D eigenvalue weighted by atomic mass is 16.4. The Hall–Kier alpha value is -2.80. The predicted octanol–water partition coefficient (Wildman–Crippen LogP) is 4.17. The minimum absolute atomic E-state index is 0.0573. The van der Waals surface area contributed by atoms with Gasteiger partial charge in [-0.2, -0.15) is 5.10 Å². The van der Waals surface area contributed by atoms with Gasteiger partial charge in [0.2, 0.25) is 0 Å². The lowest BCUT2D eigenvalue weighted by atomic mass is 9.88. The molecule has 3 rings (SSSR count).